The molecule has 1 atom stereocenters. The van der Waals surface area contributed by atoms with Crippen LogP contribution in [0.5, 0.6) is 5.75 Å². The maximum atomic E-state index is 13.3. The molecule has 2 aromatic carbocycles. The Morgan fingerprint density at radius 3 is 2.53 bits per heavy atom. The third kappa shape index (κ3) is 3.49. The smallest absolute Gasteiger partial charge is 0.226 e. The topological polar surface area (TPSA) is 73.2 Å². The van der Waals surface area contributed by atoms with Gasteiger partial charge in [-0.2, -0.15) is 5.10 Å². The fraction of sp³-hybridized carbons (Fsp3) is 0.292. The molecule has 1 aliphatic heterocycles. The first-order valence-corrected chi connectivity index (χ1v) is 10.1. The van der Waals surface area contributed by atoms with Gasteiger partial charge in [-0.3, -0.25) is 9.59 Å². The van der Waals surface area contributed by atoms with E-state index in [1.165, 1.54) is 5.56 Å². The minimum Gasteiger partial charge on any atom is -0.494 e. The van der Waals surface area contributed by atoms with Gasteiger partial charge in [-0.05, 0) is 75.2 Å². The molecule has 0 spiro atoms. The molecule has 154 valence electrons. The molecular formula is C24H25N3O3. The van der Waals surface area contributed by atoms with Crippen molar-refractivity contribution in [3.63, 3.8) is 0 Å². The minimum atomic E-state index is -0.563. The van der Waals surface area contributed by atoms with Gasteiger partial charge in [0.1, 0.15) is 11.6 Å². The van der Waals surface area contributed by atoms with Crippen LogP contribution in [0.3, 0.4) is 0 Å². The van der Waals surface area contributed by atoms with Crippen LogP contribution < -0.4 is 10.1 Å². The number of amides is 1. The van der Waals surface area contributed by atoms with Crippen molar-refractivity contribution in [3.8, 4) is 11.4 Å². The van der Waals surface area contributed by atoms with Crippen LogP contribution in [-0.2, 0) is 4.79 Å². The van der Waals surface area contributed by atoms with Gasteiger partial charge in [0.2, 0.25) is 5.91 Å². The van der Waals surface area contributed by atoms with Crippen molar-refractivity contribution in [1.82, 2.24) is 9.78 Å². The molecule has 6 heteroatoms. The lowest BCUT2D eigenvalue weighted by Crippen LogP contribution is -2.28. The van der Waals surface area contributed by atoms with E-state index in [-0.39, 0.29) is 18.1 Å². The zero-order valence-corrected chi connectivity index (χ0v) is 17.7. The number of aryl methyl sites for hydroxylation is 3. The summed E-state index contributed by atoms with van der Waals surface area (Å²) in [6.45, 7) is 8.45. The standard InChI is InChI=1S/C24H25N3O3/c1-5-30-19-10-7-17(8-11-19)23(29)20-13-21(28)25-24-22(20)16(4)26-27(24)18-9-6-14(2)15(3)12-18/h6-12,20H,5,13H2,1-4H3,(H,25,28)/t20-/m1/s1. The zero-order valence-electron chi connectivity index (χ0n) is 17.7. The van der Waals surface area contributed by atoms with E-state index >= 15 is 0 Å². The van der Waals surface area contributed by atoms with Gasteiger partial charge in [0.25, 0.3) is 0 Å². The number of hydrogen-bond donors (Lipinski definition) is 1. The molecular weight excluding hydrogens is 378 g/mol. The van der Waals surface area contributed by atoms with Gasteiger partial charge in [0, 0.05) is 17.5 Å². The van der Waals surface area contributed by atoms with E-state index in [2.05, 4.69) is 17.3 Å². The fourth-order valence-corrected chi connectivity index (χ4v) is 3.90. The number of Topliss-reactive ketones (excluding diaryl/α,β-unsaturated/α-hetero) is 1. The molecule has 0 saturated heterocycles. The molecule has 30 heavy (non-hydrogen) atoms. The third-order valence-electron chi connectivity index (χ3n) is 5.60. The van der Waals surface area contributed by atoms with Crippen LogP contribution in [0.2, 0.25) is 0 Å². The average Bonchev–Trinajstić information content (AvgIpc) is 3.06. The lowest BCUT2D eigenvalue weighted by atomic mass is 9.85. The monoisotopic (exact) mass is 403 g/mol. The Balaban J connectivity index is 1.75. The first-order valence-electron chi connectivity index (χ1n) is 10.1. The number of nitrogens with one attached hydrogen (secondary N) is 1. The molecule has 1 N–H and O–H groups in total. The van der Waals surface area contributed by atoms with Crippen LogP contribution in [-0.4, -0.2) is 28.1 Å². The highest BCUT2D eigenvalue weighted by Gasteiger charge is 2.36. The molecule has 0 saturated carbocycles. The number of aromatic nitrogens is 2. The van der Waals surface area contributed by atoms with Crippen LogP contribution in [0.1, 0.15) is 52.0 Å². The Kier molecular flexibility index (Phi) is 5.16. The molecule has 2 heterocycles. The zero-order chi connectivity index (χ0) is 21.4. The predicted octanol–water partition coefficient (Wildman–Crippen LogP) is 4.50. The quantitative estimate of drug-likeness (QED) is 0.637. The molecule has 3 aromatic rings. The number of ether oxygens (including phenoxy) is 1. The first kappa shape index (κ1) is 19.9. The van der Waals surface area contributed by atoms with E-state index in [0.29, 0.717) is 18.0 Å². The number of anilines is 1. The summed E-state index contributed by atoms with van der Waals surface area (Å²) in [6.07, 6.45) is 0.110. The minimum absolute atomic E-state index is 0.0862. The van der Waals surface area contributed by atoms with Gasteiger partial charge in [0.05, 0.1) is 23.9 Å². The van der Waals surface area contributed by atoms with Crippen molar-refractivity contribution in [2.45, 2.75) is 40.0 Å². The molecule has 0 radical (unpaired) electrons. The van der Waals surface area contributed by atoms with Crippen molar-refractivity contribution in [1.29, 1.82) is 0 Å². The van der Waals surface area contributed by atoms with Gasteiger partial charge in [0.15, 0.2) is 5.78 Å². The number of nitrogens with zero attached hydrogens (tertiary/aromatic N) is 2. The summed E-state index contributed by atoms with van der Waals surface area (Å²) in [5.74, 6) is 0.465. The lowest BCUT2D eigenvalue weighted by molar-refractivity contribution is -0.116. The molecule has 0 unspecified atom stereocenters. The second-order valence-corrected chi connectivity index (χ2v) is 7.65. The Bertz CT molecular complexity index is 1130. The predicted molar refractivity (Wildman–Crippen MR) is 116 cm³/mol. The van der Waals surface area contributed by atoms with Gasteiger partial charge < -0.3 is 10.1 Å². The SMILES string of the molecule is CCOc1ccc(C(=O)[C@@H]2CC(=O)Nc3c2c(C)nn3-c2ccc(C)c(C)c2)cc1. The van der Waals surface area contributed by atoms with Crippen LogP contribution in [0.15, 0.2) is 42.5 Å². The molecule has 0 aliphatic carbocycles. The van der Waals surface area contributed by atoms with Crippen LogP contribution >= 0.6 is 0 Å². The Hall–Kier alpha value is -3.41. The van der Waals surface area contributed by atoms with Crippen molar-refractivity contribution in [3.05, 3.63) is 70.4 Å². The molecule has 1 aromatic heterocycles. The number of fused-ring (bicyclic) bond motifs is 1. The number of rotatable bonds is 5. The van der Waals surface area contributed by atoms with E-state index in [1.807, 2.05) is 39.0 Å². The summed E-state index contributed by atoms with van der Waals surface area (Å²) >= 11 is 0. The van der Waals surface area contributed by atoms with Crippen molar-refractivity contribution < 1.29 is 14.3 Å². The molecule has 4 rings (SSSR count). The number of carbonyl (C=O) groups is 2. The van der Waals surface area contributed by atoms with Gasteiger partial charge in [-0.15, -0.1) is 0 Å². The summed E-state index contributed by atoms with van der Waals surface area (Å²) in [4.78, 5) is 25.8. The highest BCUT2D eigenvalue weighted by Crippen LogP contribution is 2.38. The van der Waals surface area contributed by atoms with Crippen molar-refractivity contribution in [2.75, 3.05) is 11.9 Å². The number of benzene rings is 2. The largest absolute Gasteiger partial charge is 0.494 e. The second kappa shape index (κ2) is 7.78. The second-order valence-electron chi connectivity index (χ2n) is 7.65. The summed E-state index contributed by atoms with van der Waals surface area (Å²) in [5, 5.41) is 7.60. The fourth-order valence-electron chi connectivity index (χ4n) is 3.90. The van der Waals surface area contributed by atoms with Crippen molar-refractivity contribution in [2.24, 2.45) is 0 Å². The average molecular weight is 403 g/mol. The van der Waals surface area contributed by atoms with Crippen LogP contribution in [0.4, 0.5) is 5.82 Å². The highest BCUT2D eigenvalue weighted by atomic mass is 16.5. The number of carbonyl (C=O) groups excluding carboxylic acids is 2. The summed E-state index contributed by atoms with van der Waals surface area (Å²) in [5.41, 5.74) is 5.27. The van der Waals surface area contributed by atoms with E-state index in [9.17, 15) is 9.59 Å². The molecule has 6 nitrogen and oxygen atoms in total. The molecule has 1 aliphatic rings. The summed E-state index contributed by atoms with van der Waals surface area (Å²) in [7, 11) is 0. The van der Waals surface area contributed by atoms with Gasteiger partial charge in [-0.1, -0.05) is 6.07 Å². The number of ketones is 1. The molecule has 0 bridgehead atoms. The molecule has 1 amide bonds. The summed E-state index contributed by atoms with van der Waals surface area (Å²) < 4.78 is 7.19. The van der Waals surface area contributed by atoms with E-state index in [0.717, 1.165) is 28.3 Å². The van der Waals surface area contributed by atoms with E-state index < -0.39 is 5.92 Å². The van der Waals surface area contributed by atoms with Crippen LogP contribution in [0, 0.1) is 20.8 Å². The van der Waals surface area contributed by atoms with Crippen LogP contribution in [0.25, 0.3) is 5.69 Å². The summed E-state index contributed by atoms with van der Waals surface area (Å²) in [6, 6.07) is 13.1. The van der Waals surface area contributed by atoms with E-state index in [4.69, 9.17) is 4.74 Å². The van der Waals surface area contributed by atoms with E-state index in [1.54, 1.807) is 28.9 Å². The maximum absolute atomic E-state index is 13.3. The Labute approximate surface area is 175 Å². The Morgan fingerprint density at radius 1 is 1.13 bits per heavy atom. The normalized spacial score (nSPS) is 15.5. The Morgan fingerprint density at radius 2 is 1.87 bits per heavy atom. The third-order valence-corrected chi connectivity index (χ3v) is 5.60. The van der Waals surface area contributed by atoms with Gasteiger partial charge in [-0.25, -0.2) is 4.68 Å². The van der Waals surface area contributed by atoms with Gasteiger partial charge >= 0.3 is 0 Å². The number of hydrogen-bond acceptors (Lipinski definition) is 4. The lowest BCUT2D eigenvalue weighted by Gasteiger charge is -2.23. The molecule has 0 fully saturated rings. The highest BCUT2D eigenvalue weighted by molar-refractivity contribution is 6.08. The van der Waals surface area contributed by atoms with Crippen molar-refractivity contribution >= 4 is 17.5 Å². The maximum Gasteiger partial charge on any atom is 0.226 e. The first-order chi connectivity index (χ1) is 14.4.